The summed E-state index contributed by atoms with van der Waals surface area (Å²) in [5.74, 6) is 0. The zero-order chi connectivity index (χ0) is 37.4. The van der Waals surface area contributed by atoms with Gasteiger partial charge in [-0.05, 0) is 44.9 Å². The fraction of sp³-hybridized carbons (Fsp3) is 0.857. The first-order valence-corrected chi connectivity index (χ1v) is 22.6. The van der Waals surface area contributed by atoms with Gasteiger partial charge in [0.1, 0.15) is 24.4 Å². The van der Waals surface area contributed by atoms with E-state index in [1.54, 1.807) is 26.4 Å². The lowest BCUT2D eigenvalue weighted by atomic mass is 9.98. The number of hydrogen-bond donors (Lipinski definition) is 1. The predicted molar refractivity (Wildman–Crippen MR) is 213 cm³/mol. The minimum Gasteiger partial charge on any atom is -0.382 e. The molecular weight excluding hydrogens is 663 g/mol. The van der Waals surface area contributed by atoms with E-state index in [2.05, 4.69) is 39.2 Å². The van der Waals surface area contributed by atoms with Gasteiger partial charge in [0.2, 0.25) is 7.37 Å². The Hall–Kier alpha value is -0.830. The zero-order valence-corrected chi connectivity index (χ0v) is 34.2. The highest BCUT2D eigenvalue weighted by Crippen LogP contribution is 2.50. The van der Waals surface area contributed by atoms with Crippen molar-refractivity contribution in [3.05, 3.63) is 37.5 Å². The fourth-order valence-corrected chi connectivity index (χ4v) is 8.53. The number of unbranched alkanes of at least 4 members (excludes halogenated alkanes) is 16. The molecule has 0 saturated carbocycles. The topological polar surface area (TPSA) is 92.7 Å². The van der Waals surface area contributed by atoms with Crippen LogP contribution in [-0.2, 0) is 32.8 Å². The van der Waals surface area contributed by atoms with Gasteiger partial charge in [0, 0.05) is 39.8 Å². The molecule has 0 aromatic rings. The Morgan fingerprint density at radius 2 is 1.22 bits per heavy atom. The minimum absolute atomic E-state index is 0.0690. The molecule has 9 heteroatoms. The maximum absolute atomic E-state index is 13.9. The van der Waals surface area contributed by atoms with Crippen LogP contribution in [-0.4, -0.2) is 88.3 Å². The van der Waals surface area contributed by atoms with Crippen molar-refractivity contribution in [2.45, 2.75) is 185 Å². The van der Waals surface area contributed by atoms with Crippen LogP contribution in [0.1, 0.15) is 149 Å². The number of hydrogen-bond acceptors (Lipinski definition) is 8. The van der Waals surface area contributed by atoms with E-state index in [-0.39, 0.29) is 25.0 Å². The first kappa shape index (κ1) is 48.2. The Balaban J connectivity index is 2.70. The van der Waals surface area contributed by atoms with Gasteiger partial charge >= 0.3 is 0 Å². The van der Waals surface area contributed by atoms with Crippen LogP contribution in [0, 0.1) is 0 Å². The maximum atomic E-state index is 13.9. The average Bonchev–Trinajstić information content (AvgIpc) is 3.11. The van der Waals surface area contributed by atoms with E-state index >= 15 is 0 Å². The van der Waals surface area contributed by atoms with E-state index in [4.69, 9.17) is 28.2 Å². The molecule has 8 nitrogen and oxygen atoms in total. The summed E-state index contributed by atoms with van der Waals surface area (Å²) in [6.45, 7) is 13.1. The molecule has 6 atom stereocenters. The van der Waals surface area contributed by atoms with Gasteiger partial charge in [0.25, 0.3) is 0 Å². The highest BCUT2D eigenvalue weighted by molar-refractivity contribution is 7.59. The molecule has 0 aliphatic carbocycles. The molecule has 0 spiro atoms. The van der Waals surface area contributed by atoms with Gasteiger partial charge in [0.05, 0.1) is 12.7 Å². The lowest BCUT2D eigenvalue weighted by Gasteiger charge is -2.45. The molecule has 51 heavy (non-hydrogen) atoms. The van der Waals surface area contributed by atoms with E-state index in [0.717, 1.165) is 32.1 Å². The van der Waals surface area contributed by atoms with Crippen LogP contribution < -0.4 is 0 Å². The van der Waals surface area contributed by atoms with E-state index < -0.39 is 38.1 Å². The number of allylic oxidation sites excluding steroid dienone is 4. The van der Waals surface area contributed by atoms with Gasteiger partial charge in [0.15, 0.2) is 6.29 Å². The molecular formula is C42H79O8P. The Bertz CT molecular complexity index is 884. The Morgan fingerprint density at radius 1 is 0.686 bits per heavy atom. The molecule has 1 fully saturated rings. The van der Waals surface area contributed by atoms with Crippen molar-refractivity contribution < 1.29 is 37.9 Å². The molecule has 1 saturated heterocycles. The summed E-state index contributed by atoms with van der Waals surface area (Å²) in [4.78, 5) is 0. The van der Waals surface area contributed by atoms with Crippen molar-refractivity contribution in [2.75, 3.05) is 46.4 Å². The lowest BCUT2D eigenvalue weighted by Crippen LogP contribution is -2.61. The first-order chi connectivity index (χ1) is 24.9. The summed E-state index contributed by atoms with van der Waals surface area (Å²) in [5, 5.41) is 11.2. The molecule has 0 aromatic heterocycles. The van der Waals surface area contributed by atoms with Gasteiger partial charge < -0.3 is 33.3 Å². The second-order valence-corrected chi connectivity index (χ2v) is 16.9. The van der Waals surface area contributed by atoms with E-state index in [1.165, 1.54) is 96.3 Å². The summed E-state index contributed by atoms with van der Waals surface area (Å²) in [7, 11) is 0.118. The van der Waals surface area contributed by atoms with Crippen molar-refractivity contribution in [3.8, 4) is 0 Å². The lowest BCUT2D eigenvalue weighted by molar-refractivity contribution is -0.300. The quantitative estimate of drug-likeness (QED) is 0.0385. The molecule has 1 aliphatic heterocycles. The highest BCUT2D eigenvalue weighted by Gasteiger charge is 2.49. The average molecular weight is 743 g/mol. The predicted octanol–water partition coefficient (Wildman–Crippen LogP) is 11.0. The molecule has 0 amide bonds. The molecule has 1 aliphatic rings. The van der Waals surface area contributed by atoms with Gasteiger partial charge in [-0.25, -0.2) is 0 Å². The van der Waals surface area contributed by atoms with Gasteiger partial charge in [-0.15, -0.1) is 13.2 Å². The maximum Gasteiger partial charge on any atom is 0.210 e. The van der Waals surface area contributed by atoms with E-state index in [9.17, 15) is 9.67 Å². The first-order valence-electron chi connectivity index (χ1n) is 20.6. The Kier molecular flexibility index (Phi) is 30.8. The van der Waals surface area contributed by atoms with Crippen LogP contribution in [0.2, 0.25) is 0 Å². The molecule has 1 heterocycles. The molecule has 300 valence electrons. The van der Waals surface area contributed by atoms with Crippen molar-refractivity contribution in [2.24, 2.45) is 0 Å². The summed E-state index contributed by atoms with van der Waals surface area (Å²) < 4.78 is 50.3. The molecule has 0 bridgehead atoms. The minimum atomic E-state index is -3.20. The van der Waals surface area contributed by atoms with Crippen LogP contribution >= 0.6 is 7.37 Å². The Morgan fingerprint density at radius 3 is 1.78 bits per heavy atom. The van der Waals surface area contributed by atoms with E-state index in [0.29, 0.717) is 19.6 Å². The van der Waals surface area contributed by atoms with Gasteiger partial charge in [-0.1, -0.05) is 128 Å². The van der Waals surface area contributed by atoms with Crippen LogP contribution in [0.5, 0.6) is 0 Å². The van der Waals surface area contributed by atoms with Crippen LogP contribution in [0.4, 0.5) is 0 Å². The van der Waals surface area contributed by atoms with E-state index in [1.807, 2.05) is 0 Å². The third-order valence-corrected chi connectivity index (χ3v) is 12.0. The number of ether oxygens (including phenoxy) is 5. The SMILES string of the molecule is C=CCP(=O)(CC=C)O[C@H]1[C@H](OCC[C@@H](CCCCCCC)OC)[C@@H](OCCCCCCCCCC/C=C\CCCCCC)C(O)O[C@@H]1COC. The zero-order valence-electron chi connectivity index (χ0n) is 33.3. The molecule has 1 rings (SSSR count). The molecule has 1 unspecified atom stereocenters. The monoisotopic (exact) mass is 743 g/mol. The van der Waals surface area contributed by atoms with Crippen molar-refractivity contribution in [1.82, 2.24) is 0 Å². The normalized spacial score (nSPS) is 21.7. The summed E-state index contributed by atoms with van der Waals surface area (Å²) in [6, 6.07) is 0. The summed E-state index contributed by atoms with van der Waals surface area (Å²) >= 11 is 0. The van der Waals surface area contributed by atoms with Gasteiger partial charge in [-0.2, -0.15) is 0 Å². The van der Waals surface area contributed by atoms with Crippen LogP contribution in [0.3, 0.4) is 0 Å². The summed E-state index contributed by atoms with van der Waals surface area (Å²) in [6.07, 6.45) is 29.1. The standard InChI is InChI=1S/C42H79O8P/c1-7-11-13-15-16-17-18-19-20-21-22-23-24-25-27-29-32-47-41-40(48-33-31-37(46-6)30-28-26-14-12-8-2)39(38(36-45-5)49-42(41)43)50-51(44,34-9-3)35-10-4/h9-10,17-18,37-43H,3-4,7-8,11-16,19-36H2,1-2,5-6H3/b18-17-/t37-,38-,39-,40+,41-,42?/m1/s1. The second kappa shape index (κ2) is 32.6. The highest BCUT2D eigenvalue weighted by atomic mass is 31.2. The smallest absolute Gasteiger partial charge is 0.210 e. The largest absolute Gasteiger partial charge is 0.382 e. The number of aliphatic hydroxyl groups excluding tert-OH is 1. The van der Waals surface area contributed by atoms with Crippen LogP contribution in [0.15, 0.2) is 37.5 Å². The van der Waals surface area contributed by atoms with Crippen molar-refractivity contribution in [3.63, 3.8) is 0 Å². The molecule has 1 N–H and O–H groups in total. The number of aliphatic hydroxyl groups is 1. The Labute approximate surface area is 313 Å². The van der Waals surface area contributed by atoms with Crippen molar-refractivity contribution >= 4 is 7.37 Å². The van der Waals surface area contributed by atoms with Crippen LogP contribution in [0.25, 0.3) is 0 Å². The third-order valence-electron chi connectivity index (χ3n) is 9.75. The fourth-order valence-electron chi connectivity index (χ4n) is 6.72. The third kappa shape index (κ3) is 22.9. The molecule has 0 radical (unpaired) electrons. The summed E-state index contributed by atoms with van der Waals surface area (Å²) in [5.41, 5.74) is 0. The van der Waals surface area contributed by atoms with Crippen molar-refractivity contribution in [1.29, 1.82) is 0 Å². The number of methoxy groups -OCH3 is 2. The number of rotatable bonds is 36. The van der Waals surface area contributed by atoms with Gasteiger partial charge in [-0.3, -0.25) is 4.57 Å². The second-order valence-electron chi connectivity index (χ2n) is 14.3. The molecule has 0 aromatic carbocycles.